The molecule has 0 aliphatic rings. The van der Waals surface area contributed by atoms with Crippen LogP contribution in [0.25, 0.3) is 0 Å². The van der Waals surface area contributed by atoms with Gasteiger partial charge < -0.3 is 10.2 Å². The predicted molar refractivity (Wildman–Crippen MR) is 171 cm³/mol. The fourth-order valence-corrected chi connectivity index (χ4v) is 6.20. The summed E-state index contributed by atoms with van der Waals surface area (Å²) < 4.78 is 29.0. The van der Waals surface area contributed by atoms with Crippen LogP contribution in [0.2, 0.25) is 5.02 Å². The Balaban J connectivity index is 1.79. The van der Waals surface area contributed by atoms with Crippen molar-refractivity contribution in [1.29, 1.82) is 0 Å². The monoisotopic (exact) mass is 617 g/mol. The Morgan fingerprint density at radius 1 is 0.767 bits per heavy atom. The molecule has 0 bridgehead atoms. The van der Waals surface area contributed by atoms with Crippen molar-refractivity contribution in [2.45, 2.75) is 50.2 Å². The van der Waals surface area contributed by atoms with Crippen molar-refractivity contribution in [1.82, 2.24) is 10.2 Å². The van der Waals surface area contributed by atoms with Gasteiger partial charge in [-0.1, -0.05) is 90.5 Å². The van der Waals surface area contributed by atoms with E-state index in [1.165, 1.54) is 17.0 Å². The first-order chi connectivity index (χ1) is 20.4. The smallest absolute Gasteiger partial charge is 0.264 e. The highest BCUT2D eigenvalue weighted by atomic mass is 35.5. The summed E-state index contributed by atoms with van der Waals surface area (Å²) in [6.45, 7) is 5.21. The van der Waals surface area contributed by atoms with Crippen molar-refractivity contribution >= 4 is 39.1 Å². The average molecular weight is 618 g/mol. The summed E-state index contributed by atoms with van der Waals surface area (Å²) in [5.74, 6) is -0.854. The molecule has 43 heavy (non-hydrogen) atoms. The molecule has 1 atom stereocenters. The molecular weight excluding hydrogens is 582 g/mol. The first-order valence-corrected chi connectivity index (χ1v) is 15.8. The molecule has 0 saturated carbocycles. The molecule has 224 valence electrons. The van der Waals surface area contributed by atoms with Gasteiger partial charge in [-0.15, -0.1) is 0 Å². The molecule has 7 nitrogen and oxygen atoms in total. The molecule has 0 radical (unpaired) electrons. The lowest BCUT2D eigenvalue weighted by molar-refractivity contribution is -0.140. The highest BCUT2D eigenvalue weighted by Gasteiger charge is 2.35. The summed E-state index contributed by atoms with van der Waals surface area (Å²) in [4.78, 5) is 29.8. The van der Waals surface area contributed by atoms with Gasteiger partial charge in [0.05, 0.1) is 10.6 Å². The maximum Gasteiger partial charge on any atom is 0.264 e. The minimum absolute atomic E-state index is 0.0404. The van der Waals surface area contributed by atoms with Crippen LogP contribution >= 0.6 is 11.6 Å². The second-order valence-electron chi connectivity index (χ2n) is 11.3. The standard InChI is InChI=1S/C34H36ClN3O4S/c1-34(2,3)36-33(40)31(23-26-13-7-4-8-14-26)37(24-27-15-9-5-10-16-27)32(39)25-38(29-21-19-28(35)20-22-29)43(41,42)30-17-11-6-12-18-30/h4-22,31H,23-25H2,1-3H3,(H,36,40)/t31-/m0/s1. The van der Waals surface area contributed by atoms with Gasteiger partial charge in [0.1, 0.15) is 12.6 Å². The predicted octanol–water partition coefficient (Wildman–Crippen LogP) is 6.09. The number of benzene rings is 4. The molecule has 4 aromatic rings. The zero-order valence-corrected chi connectivity index (χ0v) is 26.1. The Hall–Kier alpha value is -4.14. The van der Waals surface area contributed by atoms with Gasteiger partial charge in [0.2, 0.25) is 11.8 Å². The Morgan fingerprint density at radius 3 is 1.81 bits per heavy atom. The number of nitrogens with zero attached hydrogens (tertiary/aromatic N) is 2. The normalized spacial score (nSPS) is 12.3. The molecule has 0 spiro atoms. The number of anilines is 1. The summed E-state index contributed by atoms with van der Waals surface area (Å²) >= 11 is 6.11. The van der Waals surface area contributed by atoms with Crippen molar-refractivity contribution in [3.05, 3.63) is 131 Å². The number of nitrogens with one attached hydrogen (secondary N) is 1. The second-order valence-corrected chi connectivity index (χ2v) is 13.6. The van der Waals surface area contributed by atoms with E-state index in [2.05, 4.69) is 5.32 Å². The van der Waals surface area contributed by atoms with Crippen LogP contribution < -0.4 is 9.62 Å². The van der Waals surface area contributed by atoms with Gasteiger partial charge in [-0.05, 0) is 68.3 Å². The van der Waals surface area contributed by atoms with E-state index in [4.69, 9.17) is 11.6 Å². The summed E-state index contributed by atoms with van der Waals surface area (Å²) in [6.07, 6.45) is 0.244. The van der Waals surface area contributed by atoms with Crippen LogP contribution in [0.1, 0.15) is 31.9 Å². The molecule has 0 unspecified atom stereocenters. The van der Waals surface area contributed by atoms with E-state index in [0.717, 1.165) is 15.4 Å². The SMILES string of the molecule is CC(C)(C)NC(=O)[C@H](Cc1ccccc1)N(Cc1ccccc1)C(=O)CN(c1ccc(Cl)cc1)S(=O)(=O)c1ccccc1. The summed E-state index contributed by atoms with van der Waals surface area (Å²) in [5.41, 5.74) is 1.40. The van der Waals surface area contributed by atoms with Gasteiger partial charge in [0.15, 0.2) is 0 Å². The number of amides is 2. The Kier molecular flexibility index (Phi) is 10.3. The van der Waals surface area contributed by atoms with E-state index in [1.807, 2.05) is 81.4 Å². The number of sulfonamides is 1. The number of hydrogen-bond acceptors (Lipinski definition) is 4. The van der Waals surface area contributed by atoms with E-state index < -0.39 is 34.1 Å². The molecule has 0 aliphatic heterocycles. The Morgan fingerprint density at radius 2 is 1.28 bits per heavy atom. The summed E-state index contributed by atoms with van der Waals surface area (Å²) in [7, 11) is -4.16. The number of carbonyl (C=O) groups is 2. The lowest BCUT2D eigenvalue weighted by Gasteiger charge is -2.35. The van der Waals surface area contributed by atoms with Crippen LogP contribution in [0.4, 0.5) is 5.69 Å². The third kappa shape index (κ3) is 8.69. The third-order valence-electron chi connectivity index (χ3n) is 6.69. The van der Waals surface area contributed by atoms with Crippen LogP contribution in [0.5, 0.6) is 0 Å². The molecule has 9 heteroatoms. The van der Waals surface area contributed by atoms with Crippen LogP contribution in [0, 0.1) is 0 Å². The van der Waals surface area contributed by atoms with E-state index in [1.54, 1.807) is 42.5 Å². The molecule has 4 aromatic carbocycles. The summed E-state index contributed by atoms with van der Waals surface area (Å²) in [5, 5.41) is 3.46. The first kappa shape index (κ1) is 31.8. The van der Waals surface area contributed by atoms with E-state index in [-0.39, 0.29) is 29.5 Å². The maximum atomic E-state index is 14.4. The Labute approximate surface area is 259 Å². The summed E-state index contributed by atoms with van der Waals surface area (Å²) in [6, 6.07) is 32.1. The number of carbonyl (C=O) groups excluding carboxylic acids is 2. The van der Waals surface area contributed by atoms with Gasteiger partial charge in [-0.25, -0.2) is 8.42 Å². The highest BCUT2D eigenvalue weighted by Crippen LogP contribution is 2.26. The van der Waals surface area contributed by atoms with Crippen LogP contribution in [-0.4, -0.2) is 43.3 Å². The van der Waals surface area contributed by atoms with E-state index in [0.29, 0.717) is 5.02 Å². The fraction of sp³-hybridized carbons (Fsp3) is 0.235. The molecule has 0 fully saturated rings. The molecule has 0 saturated heterocycles. The zero-order valence-electron chi connectivity index (χ0n) is 24.5. The lowest BCUT2D eigenvalue weighted by Crippen LogP contribution is -2.56. The zero-order chi connectivity index (χ0) is 31.0. The Bertz CT molecular complexity index is 1610. The molecule has 0 aliphatic carbocycles. The molecule has 1 N–H and O–H groups in total. The largest absolute Gasteiger partial charge is 0.350 e. The topological polar surface area (TPSA) is 86.8 Å². The van der Waals surface area contributed by atoms with Crippen molar-refractivity contribution in [3.8, 4) is 0 Å². The van der Waals surface area contributed by atoms with Crippen LogP contribution in [0.15, 0.2) is 120 Å². The minimum Gasteiger partial charge on any atom is -0.350 e. The number of halogens is 1. The molecule has 0 aromatic heterocycles. The van der Waals surface area contributed by atoms with Crippen LogP contribution in [-0.2, 0) is 32.6 Å². The van der Waals surface area contributed by atoms with Gasteiger partial charge >= 0.3 is 0 Å². The highest BCUT2D eigenvalue weighted by molar-refractivity contribution is 7.92. The van der Waals surface area contributed by atoms with Crippen molar-refractivity contribution in [2.24, 2.45) is 0 Å². The van der Waals surface area contributed by atoms with Gasteiger partial charge in [0, 0.05) is 23.5 Å². The second kappa shape index (κ2) is 13.9. The first-order valence-electron chi connectivity index (χ1n) is 14.0. The lowest BCUT2D eigenvalue weighted by atomic mass is 10.0. The third-order valence-corrected chi connectivity index (χ3v) is 8.73. The number of rotatable bonds is 11. The molecule has 4 rings (SSSR count). The average Bonchev–Trinajstić information content (AvgIpc) is 2.98. The van der Waals surface area contributed by atoms with E-state index in [9.17, 15) is 18.0 Å². The maximum absolute atomic E-state index is 14.4. The van der Waals surface area contributed by atoms with Crippen molar-refractivity contribution in [3.63, 3.8) is 0 Å². The fourth-order valence-electron chi connectivity index (χ4n) is 4.64. The van der Waals surface area contributed by atoms with E-state index >= 15 is 0 Å². The molecular formula is C34H36ClN3O4S. The van der Waals surface area contributed by atoms with Crippen LogP contribution in [0.3, 0.4) is 0 Å². The minimum atomic E-state index is -4.16. The molecule has 2 amide bonds. The number of hydrogen-bond donors (Lipinski definition) is 1. The molecule has 0 heterocycles. The van der Waals surface area contributed by atoms with Gasteiger partial charge in [-0.3, -0.25) is 13.9 Å². The van der Waals surface area contributed by atoms with Gasteiger partial charge in [0.25, 0.3) is 10.0 Å². The van der Waals surface area contributed by atoms with Crippen molar-refractivity contribution in [2.75, 3.05) is 10.8 Å². The van der Waals surface area contributed by atoms with Gasteiger partial charge in [-0.2, -0.15) is 0 Å². The quantitative estimate of drug-likeness (QED) is 0.221. The van der Waals surface area contributed by atoms with Crippen molar-refractivity contribution < 1.29 is 18.0 Å².